The number of benzene rings is 1. The predicted molar refractivity (Wildman–Crippen MR) is 130 cm³/mol. The van der Waals surface area contributed by atoms with Crippen molar-refractivity contribution in [3.63, 3.8) is 0 Å². The van der Waals surface area contributed by atoms with E-state index in [0.29, 0.717) is 0 Å². The van der Waals surface area contributed by atoms with Gasteiger partial charge in [0.05, 0.1) is 0 Å². The zero-order valence-corrected chi connectivity index (χ0v) is 19.9. The summed E-state index contributed by atoms with van der Waals surface area (Å²) in [6.45, 7) is 6.59. The van der Waals surface area contributed by atoms with Gasteiger partial charge in [-0.2, -0.15) is 4.37 Å². The van der Waals surface area contributed by atoms with Crippen LogP contribution in [0, 0.1) is 0 Å². The molecule has 1 aromatic carbocycles. The molecule has 0 spiro atoms. The number of halogens is 1. The Labute approximate surface area is 192 Å². The quantitative estimate of drug-likeness (QED) is 0.312. The number of nitrogens with one attached hydrogen (secondary N) is 1. The smallest absolute Gasteiger partial charge is 0.205 e. The molecule has 0 amide bonds. The van der Waals surface area contributed by atoms with Crippen LogP contribution in [-0.4, -0.2) is 60.0 Å². The van der Waals surface area contributed by atoms with Crippen molar-refractivity contribution in [1.29, 1.82) is 0 Å². The summed E-state index contributed by atoms with van der Waals surface area (Å²) in [5.41, 5.74) is 0.945. The van der Waals surface area contributed by atoms with E-state index < -0.39 is 0 Å². The Balaban J connectivity index is 0.00000240. The van der Waals surface area contributed by atoms with Gasteiger partial charge in [0, 0.05) is 69.5 Å². The van der Waals surface area contributed by atoms with Crippen LogP contribution in [-0.2, 0) is 12.8 Å². The number of hydrogen-bond acceptors (Lipinski definition) is 6. The molecule has 3 heterocycles. The van der Waals surface area contributed by atoms with Crippen molar-refractivity contribution in [2.75, 3.05) is 44.7 Å². The molecule has 0 radical (unpaired) electrons. The summed E-state index contributed by atoms with van der Waals surface area (Å²) in [7, 11) is 1.84. The third kappa shape index (κ3) is 5.19. The lowest BCUT2D eigenvalue weighted by molar-refractivity contribution is 0.372. The van der Waals surface area contributed by atoms with Gasteiger partial charge in [-0.1, -0.05) is 25.1 Å². The fourth-order valence-electron chi connectivity index (χ4n) is 3.42. The molecular weight excluding hydrogens is 499 g/mol. The van der Waals surface area contributed by atoms with E-state index in [-0.39, 0.29) is 24.0 Å². The van der Waals surface area contributed by atoms with Crippen molar-refractivity contribution in [2.24, 2.45) is 4.99 Å². The minimum atomic E-state index is 0. The lowest BCUT2D eigenvalue weighted by atomic mass is 10.2. The van der Waals surface area contributed by atoms with Crippen LogP contribution in [0.3, 0.4) is 0 Å². The van der Waals surface area contributed by atoms with E-state index in [1.54, 1.807) is 0 Å². The number of rotatable bonds is 5. The number of piperazine rings is 1. The molecule has 0 unspecified atom stereocenters. The standard InChI is InChI=1S/C20H26N6OS.HI/c1-3-18-23-20(28-24-18)26-12-10-25(11-13-26)19(21-2)22-9-8-16-14-15-6-4-5-7-17(15)27-16;/h4-7,14H,3,8-13H2,1-2H3,(H,21,22);1H. The third-order valence-electron chi connectivity index (χ3n) is 4.97. The number of fused-ring (bicyclic) bond motifs is 1. The van der Waals surface area contributed by atoms with Gasteiger partial charge >= 0.3 is 0 Å². The van der Waals surface area contributed by atoms with Crippen molar-refractivity contribution in [2.45, 2.75) is 19.8 Å². The fraction of sp³-hybridized carbons (Fsp3) is 0.450. The highest BCUT2D eigenvalue weighted by Crippen LogP contribution is 2.20. The fourth-order valence-corrected chi connectivity index (χ4v) is 4.22. The normalized spacial score (nSPS) is 14.9. The van der Waals surface area contributed by atoms with E-state index in [4.69, 9.17) is 4.42 Å². The van der Waals surface area contributed by atoms with Crippen LogP contribution in [0.25, 0.3) is 11.0 Å². The Morgan fingerprint density at radius 3 is 2.72 bits per heavy atom. The van der Waals surface area contributed by atoms with Gasteiger partial charge in [0.25, 0.3) is 0 Å². The van der Waals surface area contributed by atoms with Gasteiger partial charge in [0.1, 0.15) is 17.2 Å². The number of hydrogen-bond donors (Lipinski definition) is 1. The number of para-hydroxylation sites is 1. The molecule has 7 nitrogen and oxygen atoms in total. The van der Waals surface area contributed by atoms with Gasteiger partial charge in [-0.05, 0) is 12.1 Å². The largest absolute Gasteiger partial charge is 0.461 e. The molecule has 1 fully saturated rings. The monoisotopic (exact) mass is 526 g/mol. The van der Waals surface area contributed by atoms with E-state index in [1.807, 2.05) is 25.2 Å². The molecule has 9 heteroatoms. The van der Waals surface area contributed by atoms with E-state index in [1.165, 1.54) is 11.5 Å². The van der Waals surface area contributed by atoms with Crippen LogP contribution in [0.15, 0.2) is 39.7 Å². The molecule has 1 saturated heterocycles. The molecule has 156 valence electrons. The van der Waals surface area contributed by atoms with Crippen molar-refractivity contribution in [1.82, 2.24) is 19.6 Å². The molecule has 0 saturated carbocycles. The first kappa shape index (κ1) is 21.8. The van der Waals surface area contributed by atoms with Gasteiger partial charge in [-0.3, -0.25) is 4.99 Å². The Morgan fingerprint density at radius 2 is 2.03 bits per heavy atom. The topological polar surface area (TPSA) is 69.8 Å². The summed E-state index contributed by atoms with van der Waals surface area (Å²) in [6.07, 6.45) is 1.72. The zero-order valence-electron chi connectivity index (χ0n) is 16.8. The highest BCUT2D eigenvalue weighted by molar-refractivity contribution is 14.0. The Hall–Kier alpha value is -1.88. The molecule has 1 aliphatic heterocycles. The van der Waals surface area contributed by atoms with Gasteiger partial charge in [-0.15, -0.1) is 24.0 Å². The van der Waals surface area contributed by atoms with Crippen molar-refractivity contribution >= 4 is 57.6 Å². The first-order chi connectivity index (χ1) is 13.8. The van der Waals surface area contributed by atoms with E-state index in [2.05, 4.69) is 48.5 Å². The first-order valence-electron chi connectivity index (χ1n) is 9.77. The van der Waals surface area contributed by atoms with Crippen molar-refractivity contribution < 1.29 is 4.42 Å². The molecule has 29 heavy (non-hydrogen) atoms. The second-order valence-electron chi connectivity index (χ2n) is 6.80. The van der Waals surface area contributed by atoms with Crippen LogP contribution in [0.5, 0.6) is 0 Å². The Morgan fingerprint density at radius 1 is 1.24 bits per heavy atom. The SMILES string of the molecule is CCc1nsc(N2CCN(C(=NC)NCCc3cc4ccccc4o3)CC2)n1.I. The summed E-state index contributed by atoms with van der Waals surface area (Å²) in [5.74, 6) is 2.88. The summed E-state index contributed by atoms with van der Waals surface area (Å²) >= 11 is 1.50. The summed E-state index contributed by atoms with van der Waals surface area (Å²) in [5, 5.41) is 5.66. The minimum Gasteiger partial charge on any atom is -0.461 e. The number of aryl methyl sites for hydroxylation is 1. The maximum absolute atomic E-state index is 5.89. The molecule has 0 bridgehead atoms. The molecule has 1 N–H and O–H groups in total. The average Bonchev–Trinajstić information content (AvgIpc) is 3.38. The number of aliphatic imine (C=N–C) groups is 1. The summed E-state index contributed by atoms with van der Waals surface area (Å²) < 4.78 is 10.3. The van der Waals surface area contributed by atoms with Gasteiger partial charge in [-0.25, -0.2) is 4.98 Å². The van der Waals surface area contributed by atoms with Crippen molar-refractivity contribution in [3.05, 3.63) is 41.9 Å². The molecule has 2 aromatic heterocycles. The molecular formula is C20H27IN6OS. The molecule has 4 rings (SSSR count). The average molecular weight is 526 g/mol. The van der Waals surface area contributed by atoms with Crippen LogP contribution in [0.1, 0.15) is 18.5 Å². The predicted octanol–water partition coefficient (Wildman–Crippen LogP) is 3.40. The zero-order chi connectivity index (χ0) is 19.3. The lowest BCUT2D eigenvalue weighted by Gasteiger charge is -2.36. The van der Waals surface area contributed by atoms with Crippen LogP contribution < -0.4 is 10.2 Å². The number of nitrogens with zero attached hydrogens (tertiary/aromatic N) is 5. The molecule has 1 aliphatic rings. The maximum atomic E-state index is 5.89. The van der Waals surface area contributed by atoms with Crippen LogP contribution >= 0.6 is 35.5 Å². The van der Waals surface area contributed by atoms with Gasteiger partial charge < -0.3 is 19.5 Å². The van der Waals surface area contributed by atoms with E-state index >= 15 is 0 Å². The third-order valence-corrected chi connectivity index (χ3v) is 5.78. The van der Waals surface area contributed by atoms with Gasteiger partial charge in [0.15, 0.2) is 5.96 Å². The number of aromatic nitrogens is 2. The summed E-state index contributed by atoms with van der Waals surface area (Å²) in [6, 6.07) is 10.2. The number of guanidine groups is 1. The van der Waals surface area contributed by atoms with E-state index in [9.17, 15) is 0 Å². The van der Waals surface area contributed by atoms with E-state index in [0.717, 1.165) is 79.2 Å². The Bertz CT molecular complexity index is 914. The minimum absolute atomic E-state index is 0. The van der Waals surface area contributed by atoms with Crippen LogP contribution in [0.4, 0.5) is 5.13 Å². The Kier molecular flexibility index (Phi) is 7.70. The lowest BCUT2D eigenvalue weighted by Crippen LogP contribution is -2.52. The molecule has 0 atom stereocenters. The molecule has 3 aromatic rings. The maximum Gasteiger partial charge on any atom is 0.205 e. The van der Waals surface area contributed by atoms with Gasteiger partial charge in [0.2, 0.25) is 5.13 Å². The first-order valence-corrected chi connectivity index (χ1v) is 10.5. The highest BCUT2D eigenvalue weighted by atomic mass is 127. The number of anilines is 1. The van der Waals surface area contributed by atoms with Crippen LogP contribution in [0.2, 0.25) is 0 Å². The molecule has 0 aliphatic carbocycles. The van der Waals surface area contributed by atoms with Crippen molar-refractivity contribution in [3.8, 4) is 0 Å². The second kappa shape index (κ2) is 10.2. The highest BCUT2D eigenvalue weighted by Gasteiger charge is 2.22. The summed E-state index contributed by atoms with van der Waals surface area (Å²) in [4.78, 5) is 13.7. The second-order valence-corrected chi connectivity index (χ2v) is 7.53. The number of furan rings is 1.